The summed E-state index contributed by atoms with van der Waals surface area (Å²) in [6.07, 6.45) is 0. The summed E-state index contributed by atoms with van der Waals surface area (Å²) in [6.45, 7) is 7.63. The number of carbonyl (C=O) groups is 1. The van der Waals surface area contributed by atoms with Crippen molar-refractivity contribution in [2.75, 3.05) is 0 Å². The van der Waals surface area contributed by atoms with Crippen molar-refractivity contribution < 1.29 is 4.79 Å². The van der Waals surface area contributed by atoms with Gasteiger partial charge in [0, 0.05) is 10.8 Å². The Morgan fingerprint density at radius 1 is 1.50 bits per heavy atom. The molecule has 1 aromatic heterocycles. The van der Waals surface area contributed by atoms with Crippen LogP contribution in [0.4, 0.5) is 0 Å². The largest absolute Gasteiger partial charge is 0.292 e. The van der Waals surface area contributed by atoms with E-state index in [2.05, 4.69) is 4.98 Å². The van der Waals surface area contributed by atoms with E-state index in [0.717, 1.165) is 5.01 Å². The Bertz CT molecular complexity index is 296. The molecule has 0 aliphatic rings. The second kappa shape index (κ2) is 2.98. The number of aromatic nitrogens is 1. The second-order valence-corrected chi connectivity index (χ2v) is 4.89. The Labute approximate surface area is 76.6 Å². The van der Waals surface area contributed by atoms with Gasteiger partial charge < -0.3 is 0 Å². The lowest BCUT2D eigenvalue weighted by Crippen LogP contribution is -2.20. The average molecular weight is 183 g/mol. The highest BCUT2D eigenvalue weighted by molar-refractivity contribution is 7.09. The first-order valence-electron chi connectivity index (χ1n) is 3.88. The van der Waals surface area contributed by atoms with Crippen molar-refractivity contribution in [3.05, 3.63) is 16.1 Å². The van der Waals surface area contributed by atoms with E-state index in [4.69, 9.17) is 0 Å². The molecule has 0 aliphatic heterocycles. The van der Waals surface area contributed by atoms with Gasteiger partial charge in [-0.2, -0.15) is 0 Å². The number of ketones is 1. The van der Waals surface area contributed by atoms with Crippen molar-refractivity contribution in [1.82, 2.24) is 4.98 Å². The lowest BCUT2D eigenvalue weighted by molar-refractivity contribution is 0.0853. The maximum Gasteiger partial charge on any atom is 0.187 e. The molecular formula is C9H13NOS. The zero-order chi connectivity index (χ0) is 9.35. The summed E-state index contributed by atoms with van der Waals surface area (Å²) >= 11 is 1.52. The van der Waals surface area contributed by atoms with Gasteiger partial charge in [-0.05, 0) is 6.92 Å². The predicted octanol–water partition coefficient (Wildman–Crippen LogP) is 2.68. The minimum atomic E-state index is -0.319. The molecule has 0 saturated carbocycles. The van der Waals surface area contributed by atoms with Crippen LogP contribution in [-0.2, 0) is 0 Å². The van der Waals surface area contributed by atoms with Gasteiger partial charge in [-0.1, -0.05) is 20.8 Å². The zero-order valence-electron chi connectivity index (χ0n) is 7.84. The van der Waals surface area contributed by atoms with Crippen molar-refractivity contribution >= 4 is 17.1 Å². The number of carbonyl (C=O) groups excluding carboxylic acids is 1. The Kier molecular flexibility index (Phi) is 2.33. The van der Waals surface area contributed by atoms with Crippen LogP contribution in [0.15, 0.2) is 5.38 Å². The molecule has 0 N–H and O–H groups in total. The maximum atomic E-state index is 11.6. The first-order chi connectivity index (χ1) is 5.41. The molecule has 0 atom stereocenters. The Hall–Kier alpha value is -0.700. The molecule has 1 aromatic rings. The molecule has 12 heavy (non-hydrogen) atoms. The smallest absolute Gasteiger partial charge is 0.187 e. The summed E-state index contributed by atoms with van der Waals surface area (Å²) in [5, 5.41) is 2.77. The fourth-order valence-corrected chi connectivity index (χ4v) is 1.44. The second-order valence-electron chi connectivity index (χ2n) is 3.83. The molecule has 0 bridgehead atoms. The molecule has 0 saturated heterocycles. The summed E-state index contributed by atoms with van der Waals surface area (Å²) in [7, 11) is 0. The van der Waals surface area contributed by atoms with Gasteiger partial charge in [0.05, 0.1) is 5.01 Å². The van der Waals surface area contributed by atoms with Gasteiger partial charge in [-0.3, -0.25) is 4.79 Å². The third-order valence-corrected chi connectivity index (χ3v) is 2.31. The highest BCUT2D eigenvalue weighted by Gasteiger charge is 2.24. The molecular weight excluding hydrogens is 170 g/mol. The van der Waals surface area contributed by atoms with Crippen LogP contribution in [-0.4, -0.2) is 10.8 Å². The van der Waals surface area contributed by atoms with E-state index in [-0.39, 0.29) is 11.2 Å². The molecule has 0 fully saturated rings. The van der Waals surface area contributed by atoms with Crippen LogP contribution < -0.4 is 0 Å². The van der Waals surface area contributed by atoms with E-state index in [1.807, 2.05) is 33.1 Å². The molecule has 2 nitrogen and oxygen atoms in total. The van der Waals surface area contributed by atoms with Crippen molar-refractivity contribution in [1.29, 1.82) is 0 Å². The van der Waals surface area contributed by atoms with Crippen LogP contribution in [0.2, 0.25) is 0 Å². The molecule has 0 unspecified atom stereocenters. The lowest BCUT2D eigenvalue weighted by Gasteiger charge is -2.13. The number of thiazole rings is 1. The molecule has 0 radical (unpaired) electrons. The monoisotopic (exact) mass is 183 g/mol. The lowest BCUT2D eigenvalue weighted by atomic mass is 9.89. The average Bonchev–Trinajstić information content (AvgIpc) is 2.32. The summed E-state index contributed by atoms with van der Waals surface area (Å²) < 4.78 is 0. The van der Waals surface area contributed by atoms with Gasteiger partial charge in [-0.15, -0.1) is 11.3 Å². The van der Waals surface area contributed by atoms with Gasteiger partial charge in [0.25, 0.3) is 0 Å². The SMILES string of the molecule is Cc1nc(C(=O)C(C)(C)C)cs1. The zero-order valence-corrected chi connectivity index (χ0v) is 8.66. The fourth-order valence-electron chi connectivity index (χ4n) is 0.852. The Morgan fingerprint density at radius 3 is 2.42 bits per heavy atom. The first kappa shape index (κ1) is 9.39. The quantitative estimate of drug-likeness (QED) is 0.626. The number of nitrogens with zero attached hydrogens (tertiary/aromatic N) is 1. The standard InChI is InChI=1S/C9H13NOS/c1-6-10-7(5-12-6)8(11)9(2,3)4/h5H,1-4H3. The van der Waals surface area contributed by atoms with Crippen LogP contribution in [0.1, 0.15) is 36.3 Å². The van der Waals surface area contributed by atoms with Gasteiger partial charge in [-0.25, -0.2) is 4.98 Å². The molecule has 1 heterocycles. The van der Waals surface area contributed by atoms with Gasteiger partial charge in [0.15, 0.2) is 5.78 Å². The molecule has 0 amide bonds. The van der Waals surface area contributed by atoms with E-state index in [1.165, 1.54) is 11.3 Å². The van der Waals surface area contributed by atoms with Gasteiger partial charge >= 0.3 is 0 Å². The van der Waals surface area contributed by atoms with Gasteiger partial charge in [0.1, 0.15) is 5.69 Å². The number of hydrogen-bond acceptors (Lipinski definition) is 3. The summed E-state index contributed by atoms with van der Waals surface area (Å²) in [5.41, 5.74) is 0.283. The molecule has 3 heteroatoms. The molecule has 0 aromatic carbocycles. The highest BCUT2D eigenvalue weighted by atomic mass is 32.1. The first-order valence-corrected chi connectivity index (χ1v) is 4.76. The Morgan fingerprint density at radius 2 is 2.08 bits per heavy atom. The van der Waals surface area contributed by atoms with Crippen LogP contribution in [0, 0.1) is 12.3 Å². The minimum Gasteiger partial charge on any atom is -0.292 e. The molecule has 1 rings (SSSR count). The molecule has 66 valence electrons. The topological polar surface area (TPSA) is 30.0 Å². The Balaban J connectivity index is 2.93. The van der Waals surface area contributed by atoms with Crippen molar-refractivity contribution in [2.45, 2.75) is 27.7 Å². The summed E-state index contributed by atoms with van der Waals surface area (Å²) in [6, 6.07) is 0. The van der Waals surface area contributed by atoms with Crippen molar-refractivity contribution in [3.63, 3.8) is 0 Å². The van der Waals surface area contributed by atoms with E-state index < -0.39 is 0 Å². The molecule has 0 aliphatic carbocycles. The summed E-state index contributed by atoms with van der Waals surface area (Å²) in [4.78, 5) is 15.8. The fraction of sp³-hybridized carbons (Fsp3) is 0.556. The highest BCUT2D eigenvalue weighted by Crippen LogP contribution is 2.21. The third-order valence-electron chi connectivity index (χ3n) is 1.53. The third kappa shape index (κ3) is 1.91. The van der Waals surface area contributed by atoms with E-state index in [9.17, 15) is 4.79 Å². The van der Waals surface area contributed by atoms with Crippen LogP contribution in [0.25, 0.3) is 0 Å². The van der Waals surface area contributed by atoms with E-state index >= 15 is 0 Å². The number of hydrogen-bond donors (Lipinski definition) is 0. The van der Waals surface area contributed by atoms with E-state index in [1.54, 1.807) is 0 Å². The number of rotatable bonds is 1. The van der Waals surface area contributed by atoms with Crippen LogP contribution >= 0.6 is 11.3 Å². The normalized spacial score (nSPS) is 11.7. The molecule has 0 spiro atoms. The maximum absolute atomic E-state index is 11.6. The number of aryl methyl sites for hydroxylation is 1. The van der Waals surface area contributed by atoms with E-state index in [0.29, 0.717) is 5.69 Å². The van der Waals surface area contributed by atoms with Crippen molar-refractivity contribution in [3.8, 4) is 0 Å². The number of Topliss-reactive ketones (excluding diaryl/α,β-unsaturated/α-hetero) is 1. The van der Waals surface area contributed by atoms with Crippen LogP contribution in [0.3, 0.4) is 0 Å². The minimum absolute atomic E-state index is 0.117. The van der Waals surface area contributed by atoms with Crippen molar-refractivity contribution in [2.24, 2.45) is 5.41 Å². The summed E-state index contributed by atoms with van der Waals surface area (Å²) in [5.74, 6) is 0.117. The van der Waals surface area contributed by atoms with Gasteiger partial charge in [0.2, 0.25) is 0 Å². The predicted molar refractivity (Wildman–Crippen MR) is 50.6 cm³/mol. The van der Waals surface area contributed by atoms with Crippen LogP contribution in [0.5, 0.6) is 0 Å².